The highest BCUT2D eigenvalue weighted by molar-refractivity contribution is 8.18. The van der Waals surface area contributed by atoms with Crippen molar-refractivity contribution in [3.05, 3.63) is 86.0 Å². The van der Waals surface area contributed by atoms with Gasteiger partial charge in [-0.25, -0.2) is 0 Å². The number of ether oxygens (including phenoxy) is 1. The number of aryl methyl sites for hydroxylation is 1. The lowest BCUT2D eigenvalue weighted by Crippen LogP contribution is -2.32. The number of nitro groups is 1. The fourth-order valence-corrected chi connectivity index (χ4v) is 4.12. The summed E-state index contributed by atoms with van der Waals surface area (Å²) in [4.78, 5) is 37.0. The van der Waals surface area contributed by atoms with Gasteiger partial charge >= 0.3 is 0 Å². The van der Waals surface area contributed by atoms with E-state index in [1.54, 1.807) is 55.5 Å². The molecule has 10 heteroatoms. The van der Waals surface area contributed by atoms with Crippen LogP contribution < -0.4 is 4.74 Å². The van der Waals surface area contributed by atoms with E-state index in [0.717, 1.165) is 16.7 Å². The highest BCUT2D eigenvalue weighted by atomic mass is 35.5. The molecule has 33 heavy (non-hydrogen) atoms. The van der Waals surface area contributed by atoms with Gasteiger partial charge in [0, 0.05) is 28.3 Å². The molecule has 0 aliphatic carbocycles. The molecule has 0 N–H and O–H groups in total. The summed E-state index contributed by atoms with van der Waals surface area (Å²) < 4.78 is 11.3. The van der Waals surface area contributed by atoms with E-state index < -0.39 is 16.1 Å². The third-order valence-electron chi connectivity index (χ3n) is 4.86. The zero-order chi connectivity index (χ0) is 23.5. The normalized spacial score (nSPS) is 14.8. The van der Waals surface area contributed by atoms with Crippen molar-refractivity contribution in [2.75, 3.05) is 13.2 Å². The van der Waals surface area contributed by atoms with E-state index in [1.165, 1.54) is 12.1 Å². The summed E-state index contributed by atoms with van der Waals surface area (Å²) in [5, 5.41) is 11.4. The van der Waals surface area contributed by atoms with Crippen LogP contribution in [-0.2, 0) is 4.79 Å². The molecule has 2 heterocycles. The standard InChI is InChI=1S/C23H17ClN2O6S/c1-14-2-3-15(12-19(14)26(29)30)20-9-8-18(32-20)13-21-22(27)25(23(28)33-21)10-11-31-17-6-4-16(24)5-7-17/h2-9,12-13H,10-11H2,1H3/b21-13-. The van der Waals surface area contributed by atoms with Crippen LogP contribution in [0.1, 0.15) is 11.3 Å². The summed E-state index contributed by atoms with van der Waals surface area (Å²) in [5.74, 6) is 0.922. The largest absolute Gasteiger partial charge is 0.492 e. The number of nitrogens with zero attached hydrogens (tertiary/aromatic N) is 2. The average Bonchev–Trinajstić information content (AvgIpc) is 3.35. The zero-order valence-electron chi connectivity index (χ0n) is 17.3. The minimum Gasteiger partial charge on any atom is -0.492 e. The topological polar surface area (TPSA) is 103 Å². The molecule has 1 saturated heterocycles. The first-order chi connectivity index (χ1) is 15.8. The van der Waals surface area contributed by atoms with Gasteiger partial charge in [0.15, 0.2) is 0 Å². The zero-order valence-corrected chi connectivity index (χ0v) is 18.9. The van der Waals surface area contributed by atoms with E-state index in [0.29, 0.717) is 33.4 Å². The molecule has 0 atom stereocenters. The maximum atomic E-state index is 12.7. The maximum absolute atomic E-state index is 12.7. The van der Waals surface area contributed by atoms with E-state index in [9.17, 15) is 19.7 Å². The summed E-state index contributed by atoms with van der Waals surface area (Å²) >= 11 is 6.65. The summed E-state index contributed by atoms with van der Waals surface area (Å²) in [5.41, 5.74) is 1.08. The molecule has 0 saturated carbocycles. The van der Waals surface area contributed by atoms with Crippen LogP contribution >= 0.6 is 23.4 Å². The first-order valence-corrected chi connectivity index (χ1v) is 11.0. The second kappa shape index (κ2) is 9.51. The van der Waals surface area contributed by atoms with Gasteiger partial charge in [-0.15, -0.1) is 0 Å². The predicted octanol–water partition coefficient (Wildman–Crippen LogP) is 5.93. The van der Waals surface area contributed by atoms with Crippen LogP contribution in [0.2, 0.25) is 5.02 Å². The van der Waals surface area contributed by atoms with E-state index in [4.69, 9.17) is 20.8 Å². The van der Waals surface area contributed by atoms with Gasteiger partial charge in [-0.3, -0.25) is 24.6 Å². The number of benzene rings is 2. The predicted molar refractivity (Wildman–Crippen MR) is 125 cm³/mol. The fourth-order valence-electron chi connectivity index (χ4n) is 3.15. The molecule has 1 fully saturated rings. The van der Waals surface area contributed by atoms with Gasteiger partial charge in [0.05, 0.1) is 16.4 Å². The van der Waals surface area contributed by atoms with Crippen molar-refractivity contribution in [1.29, 1.82) is 0 Å². The van der Waals surface area contributed by atoms with Crippen molar-refractivity contribution in [2.45, 2.75) is 6.92 Å². The van der Waals surface area contributed by atoms with E-state index in [2.05, 4.69) is 0 Å². The molecule has 0 unspecified atom stereocenters. The van der Waals surface area contributed by atoms with Gasteiger partial charge in [-0.1, -0.05) is 23.7 Å². The Labute approximate surface area is 197 Å². The fraction of sp³-hybridized carbons (Fsp3) is 0.130. The molecule has 1 aliphatic rings. The van der Waals surface area contributed by atoms with Crippen molar-refractivity contribution >= 4 is 46.3 Å². The molecule has 0 bridgehead atoms. The van der Waals surface area contributed by atoms with Crippen LogP contribution in [0.15, 0.2) is 63.9 Å². The van der Waals surface area contributed by atoms with Crippen molar-refractivity contribution in [3.63, 3.8) is 0 Å². The van der Waals surface area contributed by atoms with Crippen LogP contribution in [0, 0.1) is 17.0 Å². The molecule has 8 nitrogen and oxygen atoms in total. The lowest BCUT2D eigenvalue weighted by atomic mass is 10.1. The Bertz CT molecular complexity index is 1270. The first-order valence-electron chi connectivity index (χ1n) is 9.81. The number of hydrogen-bond acceptors (Lipinski definition) is 7. The van der Waals surface area contributed by atoms with Gasteiger partial charge in [-0.2, -0.15) is 0 Å². The Morgan fingerprint density at radius 2 is 1.91 bits per heavy atom. The van der Waals surface area contributed by atoms with Crippen molar-refractivity contribution < 1.29 is 23.7 Å². The number of rotatable bonds is 7. The smallest absolute Gasteiger partial charge is 0.293 e. The van der Waals surface area contributed by atoms with Crippen LogP contribution in [0.5, 0.6) is 5.75 Å². The number of imide groups is 1. The molecule has 168 valence electrons. The van der Waals surface area contributed by atoms with Crippen LogP contribution in [0.4, 0.5) is 10.5 Å². The summed E-state index contributed by atoms with van der Waals surface area (Å²) in [6, 6.07) is 14.9. The molecule has 3 aromatic rings. The minimum absolute atomic E-state index is 0.00705. The Hall–Kier alpha value is -3.56. The van der Waals surface area contributed by atoms with Crippen molar-refractivity contribution in [3.8, 4) is 17.1 Å². The van der Waals surface area contributed by atoms with Crippen LogP contribution in [0.3, 0.4) is 0 Å². The quantitative estimate of drug-likeness (QED) is 0.232. The lowest BCUT2D eigenvalue weighted by Gasteiger charge is -2.13. The summed E-state index contributed by atoms with van der Waals surface area (Å²) in [6.07, 6.45) is 1.48. The van der Waals surface area contributed by atoms with Gasteiger partial charge in [0.25, 0.3) is 16.8 Å². The Morgan fingerprint density at radius 3 is 2.64 bits per heavy atom. The van der Waals surface area contributed by atoms with Crippen LogP contribution in [0.25, 0.3) is 17.4 Å². The van der Waals surface area contributed by atoms with Crippen LogP contribution in [-0.4, -0.2) is 34.1 Å². The first kappa shape index (κ1) is 22.6. The molecular formula is C23H17ClN2O6S. The molecule has 4 rings (SSSR count). The summed E-state index contributed by atoms with van der Waals surface area (Å²) in [6.45, 7) is 1.90. The molecule has 0 spiro atoms. The van der Waals surface area contributed by atoms with E-state index >= 15 is 0 Å². The van der Waals surface area contributed by atoms with E-state index in [-0.39, 0.29) is 23.7 Å². The highest BCUT2D eigenvalue weighted by Gasteiger charge is 2.35. The highest BCUT2D eigenvalue weighted by Crippen LogP contribution is 2.34. The number of hydrogen-bond donors (Lipinski definition) is 0. The second-order valence-electron chi connectivity index (χ2n) is 7.10. The minimum atomic E-state index is -0.449. The molecule has 0 radical (unpaired) electrons. The number of nitro benzene ring substituents is 1. The van der Waals surface area contributed by atoms with Gasteiger partial charge in [-0.05, 0) is 55.1 Å². The van der Waals surface area contributed by atoms with Gasteiger partial charge < -0.3 is 9.15 Å². The maximum Gasteiger partial charge on any atom is 0.293 e. The number of thioether (sulfide) groups is 1. The molecule has 1 aliphatic heterocycles. The number of amides is 2. The molecular weight excluding hydrogens is 468 g/mol. The number of carbonyl (C=O) groups excluding carboxylic acids is 2. The Balaban J connectivity index is 1.43. The van der Waals surface area contributed by atoms with Gasteiger partial charge in [0.1, 0.15) is 23.9 Å². The number of carbonyl (C=O) groups is 2. The lowest BCUT2D eigenvalue weighted by molar-refractivity contribution is -0.385. The third-order valence-corrected chi connectivity index (χ3v) is 6.02. The number of furan rings is 1. The van der Waals surface area contributed by atoms with Crippen molar-refractivity contribution in [2.24, 2.45) is 0 Å². The van der Waals surface area contributed by atoms with E-state index in [1.807, 2.05) is 0 Å². The Morgan fingerprint density at radius 1 is 1.15 bits per heavy atom. The SMILES string of the molecule is Cc1ccc(-c2ccc(/C=C3\SC(=O)N(CCOc4ccc(Cl)cc4)C3=O)o2)cc1[N+](=O)[O-]. The average molecular weight is 485 g/mol. The third kappa shape index (κ3) is 5.10. The molecule has 1 aromatic heterocycles. The van der Waals surface area contributed by atoms with Crippen molar-refractivity contribution in [1.82, 2.24) is 4.90 Å². The van der Waals surface area contributed by atoms with Gasteiger partial charge in [0.2, 0.25) is 0 Å². The molecule has 2 aromatic carbocycles. The molecule has 2 amide bonds. The number of halogens is 1. The summed E-state index contributed by atoms with van der Waals surface area (Å²) in [7, 11) is 0. The monoisotopic (exact) mass is 484 g/mol. The Kier molecular flexibility index (Phi) is 6.52. The second-order valence-corrected chi connectivity index (χ2v) is 8.53.